The Morgan fingerprint density at radius 1 is 1.11 bits per heavy atom. The molecule has 2 heterocycles. The van der Waals surface area contributed by atoms with Crippen molar-refractivity contribution in [3.8, 4) is 28.9 Å². The van der Waals surface area contributed by atoms with Crippen LogP contribution in [0.2, 0.25) is 0 Å². The number of anilines is 1. The zero-order chi connectivity index (χ0) is 24.9. The molecule has 9 heteroatoms. The van der Waals surface area contributed by atoms with Gasteiger partial charge in [0.25, 0.3) is 0 Å². The fourth-order valence-electron chi connectivity index (χ4n) is 3.97. The summed E-state index contributed by atoms with van der Waals surface area (Å²) >= 11 is 1.30. The van der Waals surface area contributed by atoms with E-state index in [4.69, 9.17) is 4.74 Å². The van der Waals surface area contributed by atoms with Crippen molar-refractivity contribution in [1.29, 1.82) is 5.26 Å². The maximum Gasteiger partial charge on any atom is 0.236 e. The molecular formula is C26H26N6O2S. The van der Waals surface area contributed by atoms with E-state index in [1.165, 1.54) is 11.8 Å². The summed E-state index contributed by atoms with van der Waals surface area (Å²) in [5, 5.41) is 22.0. The summed E-state index contributed by atoms with van der Waals surface area (Å²) in [6, 6.07) is 19.5. The van der Waals surface area contributed by atoms with Gasteiger partial charge in [0.05, 0.1) is 24.0 Å². The number of nitriles is 1. The standard InChI is InChI=1S/C26H26N6O2S/c1-5-31-25(20-13-9-10-14-22(20)34-4)29-30-26(31)35-16-23(33)28-24-21(15-27)17(2)18(3)32(24)19-11-7-6-8-12-19/h6-14H,5,16H2,1-4H3,(H,28,33). The molecule has 0 aliphatic heterocycles. The third-order valence-corrected chi connectivity index (χ3v) is 6.78. The molecule has 0 saturated heterocycles. The van der Waals surface area contributed by atoms with Gasteiger partial charge in [-0.15, -0.1) is 10.2 Å². The Labute approximate surface area is 208 Å². The van der Waals surface area contributed by atoms with Crippen LogP contribution >= 0.6 is 11.8 Å². The number of rotatable bonds is 8. The minimum atomic E-state index is -0.231. The number of carbonyl (C=O) groups is 1. The summed E-state index contributed by atoms with van der Waals surface area (Å²) in [4.78, 5) is 13.0. The van der Waals surface area contributed by atoms with Crippen LogP contribution in [0.4, 0.5) is 5.82 Å². The van der Waals surface area contributed by atoms with Gasteiger partial charge in [-0.1, -0.05) is 42.1 Å². The highest BCUT2D eigenvalue weighted by molar-refractivity contribution is 7.99. The van der Waals surface area contributed by atoms with E-state index >= 15 is 0 Å². The largest absolute Gasteiger partial charge is 0.496 e. The minimum absolute atomic E-state index is 0.118. The number of benzene rings is 2. The predicted octanol–water partition coefficient (Wildman–Crippen LogP) is 4.98. The van der Waals surface area contributed by atoms with Crippen LogP contribution in [-0.2, 0) is 11.3 Å². The Morgan fingerprint density at radius 3 is 2.51 bits per heavy atom. The molecule has 4 rings (SSSR count). The van der Waals surface area contributed by atoms with Crippen molar-refractivity contribution in [2.45, 2.75) is 32.5 Å². The number of thioether (sulfide) groups is 1. The second kappa shape index (κ2) is 10.5. The second-order valence-corrected chi connectivity index (χ2v) is 8.75. The molecule has 0 unspecified atom stereocenters. The third kappa shape index (κ3) is 4.66. The van der Waals surface area contributed by atoms with Gasteiger partial charge in [-0.25, -0.2) is 0 Å². The highest BCUT2D eigenvalue weighted by atomic mass is 32.2. The first kappa shape index (κ1) is 24.1. The maximum atomic E-state index is 13.0. The van der Waals surface area contributed by atoms with Crippen LogP contribution < -0.4 is 10.1 Å². The van der Waals surface area contributed by atoms with E-state index in [0.29, 0.717) is 34.7 Å². The van der Waals surface area contributed by atoms with Crippen molar-refractivity contribution < 1.29 is 9.53 Å². The van der Waals surface area contributed by atoms with E-state index in [-0.39, 0.29) is 11.7 Å². The minimum Gasteiger partial charge on any atom is -0.496 e. The number of para-hydroxylation sites is 2. The number of nitrogens with zero attached hydrogens (tertiary/aromatic N) is 5. The van der Waals surface area contributed by atoms with Crippen molar-refractivity contribution >= 4 is 23.5 Å². The molecule has 1 amide bonds. The Kier molecular flexibility index (Phi) is 7.22. The van der Waals surface area contributed by atoms with Gasteiger partial charge in [-0.05, 0) is 50.6 Å². The Hall–Kier alpha value is -4.03. The smallest absolute Gasteiger partial charge is 0.236 e. The number of nitrogens with one attached hydrogen (secondary N) is 1. The lowest BCUT2D eigenvalue weighted by molar-refractivity contribution is -0.113. The zero-order valence-electron chi connectivity index (χ0n) is 20.1. The van der Waals surface area contributed by atoms with E-state index in [9.17, 15) is 10.1 Å². The van der Waals surface area contributed by atoms with Crippen molar-refractivity contribution in [1.82, 2.24) is 19.3 Å². The highest BCUT2D eigenvalue weighted by Gasteiger charge is 2.22. The summed E-state index contributed by atoms with van der Waals surface area (Å²) in [6.07, 6.45) is 0. The lowest BCUT2D eigenvalue weighted by Gasteiger charge is -2.13. The fraction of sp³-hybridized carbons (Fsp3) is 0.231. The fourth-order valence-corrected chi connectivity index (χ4v) is 4.77. The van der Waals surface area contributed by atoms with E-state index in [0.717, 1.165) is 22.5 Å². The SMILES string of the molecule is CCn1c(SCC(=O)Nc2c(C#N)c(C)c(C)n2-c2ccccc2)nnc1-c1ccccc1OC. The first-order valence-corrected chi connectivity index (χ1v) is 12.1. The molecule has 0 spiro atoms. The van der Waals surface area contributed by atoms with Gasteiger partial charge in [-0.3, -0.25) is 9.36 Å². The third-order valence-electron chi connectivity index (χ3n) is 5.81. The van der Waals surface area contributed by atoms with Gasteiger partial charge in [0, 0.05) is 17.9 Å². The topological polar surface area (TPSA) is 97.8 Å². The lowest BCUT2D eigenvalue weighted by Crippen LogP contribution is -2.18. The van der Waals surface area contributed by atoms with E-state index in [1.54, 1.807) is 7.11 Å². The van der Waals surface area contributed by atoms with E-state index in [2.05, 4.69) is 21.6 Å². The van der Waals surface area contributed by atoms with E-state index in [1.807, 2.05) is 84.5 Å². The zero-order valence-corrected chi connectivity index (χ0v) is 20.9. The number of hydrogen-bond acceptors (Lipinski definition) is 6. The normalized spacial score (nSPS) is 10.7. The van der Waals surface area contributed by atoms with Gasteiger partial charge < -0.3 is 14.6 Å². The van der Waals surface area contributed by atoms with Crippen LogP contribution in [0, 0.1) is 25.2 Å². The molecule has 4 aromatic rings. The van der Waals surface area contributed by atoms with Gasteiger partial charge in [0.15, 0.2) is 11.0 Å². The molecule has 8 nitrogen and oxygen atoms in total. The monoisotopic (exact) mass is 486 g/mol. The molecule has 0 aliphatic rings. The molecule has 0 saturated carbocycles. The van der Waals surface area contributed by atoms with Gasteiger partial charge in [0.2, 0.25) is 5.91 Å². The summed E-state index contributed by atoms with van der Waals surface area (Å²) in [5.74, 6) is 1.76. The molecule has 35 heavy (non-hydrogen) atoms. The molecule has 0 bridgehead atoms. The Balaban J connectivity index is 1.57. The summed E-state index contributed by atoms with van der Waals surface area (Å²) in [5.41, 5.74) is 3.92. The van der Waals surface area contributed by atoms with Crippen LogP contribution in [-0.4, -0.2) is 38.1 Å². The van der Waals surface area contributed by atoms with Gasteiger partial charge in [-0.2, -0.15) is 5.26 Å². The lowest BCUT2D eigenvalue weighted by atomic mass is 10.2. The van der Waals surface area contributed by atoms with Crippen LogP contribution in [0.1, 0.15) is 23.7 Å². The average molecular weight is 487 g/mol. The first-order valence-electron chi connectivity index (χ1n) is 11.2. The van der Waals surface area contributed by atoms with Gasteiger partial charge in [0.1, 0.15) is 17.6 Å². The van der Waals surface area contributed by atoms with Crippen LogP contribution in [0.3, 0.4) is 0 Å². The maximum absolute atomic E-state index is 13.0. The Morgan fingerprint density at radius 2 is 1.83 bits per heavy atom. The summed E-state index contributed by atoms with van der Waals surface area (Å²) < 4.78 is 9.34. The quantitative estimate of drug-likeness (QED) is 0.353. The molecule has 0 fully saturated rings. The molecule has 0 radical (unpaired) electrons. The number of carbonyl (C=O) groups excluding carboxylic acids is 1. The molecule has 178 valence electrons. The van der Waals surface area contributed by atoms with Crippen molar-refractivity contribution in [3.05, 3.63) is 71.4 Å². The number of aromatic nitrogens is 4. The van der Waals surface area contributed by atoms with Crippen molar-refractivity contribution in [3.63, 3.8) is 0 Å². The van der Waals surface area contributed by atoms with Gasteiger partial charge >= 0.3 is 0 Å². The van der Waals surface area contributed by atoms with E-state index < -0.39 is 0 Å². The molecule has 1 N–H and O–H groups in total. The van der Waals surface area contributed by atoms with Crippen LogP contribution in [0.25, 0.3) is 17.1 Å². The Bertz CT molecular complexity index is 1400. The summed E-state index contributed by atoms with van der Waals surface area (Å²) in [7, 11) is 1.62. The predicted molar refractivity (Wildman–Crippen MR) is 137 cm³/mol. The molecule has 0 aliphatic carbocycles. The second-order valence-electron chi connectivity index (χ2n) is 7.80. The van der Waals surface area contributed by atoms with Crippen LogP contribution in [0.15, 0.2) is 59.8 Å². The molecule has 2 aromatic heterocycles. The number of amides is 1. The number of hydrogen-bond donors (Lipinski definition) is 1. The van der Waals surface area contributed by atoms with Crippen molar-refractivity contribution in [2.75, 3.05) is 18.2 Å². The first-order chi connectivity index (χ1) is 17.0. The highest BCUT2D eigenvalue weighted by Crippen LogP contribution is 2.32. The average Bonchev–Trinajstić information content (AvgIpc) is 3.40. The molecule has 0 atom stereocenters. The number of ether oxygens (including phenoxy) is 1. The van der Waals surface area contributed by atoms with Crippen molar-refractivity contribution in [2.24, 2.45) is 0 Å². The summed E-state index contributed by atoms with van der Waals surface area (Å²) in [6.45, 7) is 6.47. The van der Waals surface area contributed by atoms with Crippen LogP contribution in [0.5, 0.6) is 5.75 Å². The number of methoxy groups -OCH3 is 1. The molecular weight excluding hydrogens is 460 g/mol. The molecule has 2 aromatic carbocycles.